The van der Waals surface area contributed by atoms with E-state index in [1.807, 2.05) is 53.1 Å². The van der Waals surface area contributed by atoms with Crippen LogP contribution in [0.4, 0.5) is 0 Å². The van der Waals surface area contributed by atoms with E-state index in [4.69, 9.17) is 14.2 Å². The van der Waals surface area contributed by atoms with Gasteiger partial charge in [0.05, 0.1) is 18.8 Å². The molecule has 6 rings (SSSR count). The second-order valence-electron chi connectivity index (χ2n) is 7.65. The van der Waals surface area contributed by atoms with Gasteiger partial charge >= 0.3 is 5.97 Å². The number of hydrogen-bond donors (Lipinski definition) is 1. The van der Waals surface area contributed by atoms with Crippen molar-refractivity contribution < 1.29 is 24.1 Å². The van der Waals surface area contributed by atoms with Gasteiger partial charge in [-0.25, -0.2) is 4.79 Å². The van der Waals surface area contributed by atoms with E-state index in [2.05, 4.69) is 8.75 Å². The summed E-state index contributed by atoms with van der Waals surface area (Å²) in [6, 6.07) is 16.9. The van der Waals surface area contributed by atoms with Crippen molar-refractivity contribution in [3.63, 3.8) is 0 Å². The normalized spacial score (nSPS) is 12.5. The van der Waals surface area contributed by atoms with Gasteiger partial charge in [-0.3, -0.25) is 0 Å². The molecular weight excluding hydrogens is 442 g/mol. The lowest BCUT2D eigenvalue weighted by molar-refractivity contribution is 0.0687. The number of carboxylic acid groups (broad SMARTS) is 1. The summed E-state index contributed by atoms with van der Waals surface area (Å²) in [4.78, 5) is 12.6. The van der Waals surface area contributed by atoms with E-state index in [0.717, 1.165) is 44.8 Å². The van der Waals surface area contributed by atoms with Gasteiger partial charge in [-0.15, -0.1) is 0 Å². The van der Waals surface area contributed by atoms with Gasteiger partial charge < -0.3 is 23.9 Å². The number of hydrogen-bond acceptors (Lipinski definition) is 7. The number of benzene rings is 3. The Morgan fingerprint density at radius 1 is 1.06 bits per heavy atom. The summed E-state index contributed by atoms with van der Waals surface area (Å²) >= 11 is 1.16. The number of aromatic carboxylic acids is 1. The predicted molar refractivity (Wildman–Crippen MR) is 124 cm³/mol. The lowest BCUT2D eigenvalue weighted by Gasteiger charge is -2.10. The highest BCUT2D eigenvalue weighted by molar-refractivity contribution is 7.00. The molecule has 0 radical (unpaired) electrons. The number of fused-ring (bicyclic) bond motifs is 3. The first-order valence-corrected chi connectivity index (χ1v) is 10.9. The first kappa shape index (κ1) is 19.6. The topological polar surface area (TPSA) is 95.7 Å². The van der Waals surface area contributed by atoms with Crippen LogP contribution in [0, 0.1) is 0 Å². The molecule has 0 saturated heterocycles. The second-order valence-corrected chi connectivity index (χ2v) is 8.18. The Morgan fingerprint density at radius 2 is 1.91 bits per heavy atom. The minimum absolute atomic E-state index is 0.147. The average molecular weight is 459 g/mol. The van der Waals surface area contributed by atoms with E-state index in [1.165, 1.54) is 0 Å². The summed E-state index contributed by atoms with van der Waals surface area (Å²) in [5.41, 5.74) is 4.86. The fourth-order valence-corrected chi connectivity index (χ4v) is 4.82. The SMILES string of the molecule is COc1ccc2c(c1)c(-c1ccc3c(c1)OCO3)c(C(=O)O)n2Cc1ccc2nsnc2c1. The van der Waals surface area contributed by atoms with Crippen molar-refractivity contribution in [2.75, 3.05) is 13.9 Å². The highest BCUT2D eigenvalue weighted by Crippen LogP contribution is 2.42. The molecule has 0 bridgehead atoms. The van der Waals surface area contributed by atoms with Crippen molar-refractivity contribution in [1.29, 1.82) is 0 Å². The van der Waals surface area contributed by atoms with Gasteiger partial charge in [0.15, 0.2) is 11.5 Å². The average Bonchev–Trinajstić information content (AvgIpc) is 3.55. The third kappa shape index (κ3) is 3.16. The third-order valence-electron chi connectivity index (χ3n) is 5.79. The molecule has 0 atom stereocenters. The van der Waals surface area contributed by atoms with Crippen LogP contribution in [0.3, 0.4) is 0 Å². The summed E-state index contributed by atoms with van der Waals surface area (Å²) in [6.45, 7) is 0.511. The van der Waals surface area contributed by atoms with Crippen LogP contribution in [-0.4, -0.2) is 38.3 Å². The zero-order valence-corrected chi connectivity index (χ0v) is 18.3. The Kier molecular flexibility index (Phi) is 4.44. The van der Waals surface area contributed by atoms with E-state index in [1.54, 1.807) is 13.2 Å². The molecule has 0 aliphatic carbocycles. The van der Waals surface area contributed by atoms with Crippen molar-refractivity contribution >= 4 is 39.6 Å². The fraction of sp³-hybridized carbons (Fsp3) is 0.125. The van der Waals surface area contributed by atoms with Gasteiger partial charge in [-0.1, -0.05) is 12.1 Å². The van der Waals surface area contributed by atoms with Gasteiger partial charge in [-0.05, 0) is 53.6 Å². The number of rotatable bonds is 5. The molecule has 5 aromatic rings. The lowest BCUT2D eigenvalue weighted by Crippen LogP contribution is -2.10. The Balaban J connectivity index is 1.60. The van der Waals surface area contributed by atoms with Crippen molar-refractivity contribution in [2.24, 2.45) is 0 Å². The van der Waals surface area contributed by atoms with Crippen LogP contribution in [0.5, 0.6) is 17.2 Å². The van der Waals surface area contributed by atoms with Gasteiger partial charge in [0.1, 0.15) is 22.5 Å². The third-order valence-corrected chi connectivity index (χ3v) is 6.35. The number of nitrogens with zero attached hydrogens (tertiary/aromatic N) is 3. The maximum atomic E-state index is 12.6. The quantitative estimate of drug-likeness (QED) is 0.403. The lowest BCUT2D eigenvalue weighted by atomic mass is 10.0. The van der Waals surface area contributed by atoms with E-state index >= 15 is 0 Å². The van der Waals surface area contributed by atoms with Crippen LogP contribution in [0.1, 0.15) is 16.1 Å². The van der Waals surface area contributed by atoms with E-state index in [9.17, 15) is 9.90 Å². The molecule has 1 N–H and O–H groups in total. The molecule has 0 unspecified atom stereocenters. The van der Waals surface area contributed by atoms with Gasteiger partial charge in [0, 0.05) is 23.0 Å². The highest BCUT2D eigenvalue weighted by atomic mass is 32.1. The summed E-state index contributed by atoms with van der Waals surface area (Å²) in [6.07, 6.45) is 0. The largest absolute Gasteiger partial charge is 0.497 e. The molecule has 33 heavy (non-hydrogen) atoms. The van der Waals surface area contributed by atoms with Gasteiger partial charge in [-0.2, -0.15) is 8.75 Å². The summed E-state index contributed by atoms with van der Waals surface area (Å²) < 4.78 is 26.8. The zero-order chi connectivity index (χ0) is 22.5. The van der Waals surface area contributed by atoms with Crippen molar-refractivity contribution in [3.05, 3.63) is 65.9 Å². The van der Waals surface area contributed by atoms with E-state index < -0.39 is 5.97 Å². The first-order valence-electron chi connectivity index (χ1n) is 10.2. The molecular formula is C24H17N3O5S. The maximum Gasteiger partial charge on any atom is 0.353 e. The molecule has 0 saturated carbocycles. The molecule has 0 fully saturated rings. The number of aromatic nitrogens is 3. The second kappa shape index (κ2) is 7.49. The van der Waals surface area contributed by atoms with Crippen LogP contribution in [0.15, 0.2) is 54.6 Å². The molecule has 0 spiro atoms. The summed E-state index contributed by atoms with van der Waals surface area (Å²) in [5, 5.41) is 11.1. The van der Waals surface area contributed by atoms with Crippen LogP contribution in [0.25, 0.3) is 33.1 Å². The monoisotopic (exact) mass is 459 g/mol. The fourth-order valence-electron chi connectivity index (χ4n) is 4.30. The molecule has 1 aliphatic rings. The van der Waals surface area contributed by atoms with Crippen molar-refractivity contribution in [2.45, 2.75) is 6.54 Å². The van der Waals surface area contributed by atoms with Crippen molar-refractivity contribution in [1.82, 2.24) is 13.3 Å². The number of ether oxygens (including phenoxy) is 3. The Morgan fingerprint density at radius 3 is 2.76 bits per heavy atom. The summed E-state index contributed by atoms with van der Waals surface area (Å²) in [7, 11) is 1.59. The van der Waals surface area contributed by atoms with Crippen LogP contribution < -0.4 is 14.2 Å². The molecule has 2 aromatic heterocycles. The zero-order valence-electron chi connectivity index (χ0n) is 17.4. The molecule has 9 heteroatoms. The Bertz CT molecular complexity index is 1560. The maximum absolute atomic E-state index is 12.6. The van der Waals surface area contributed by atoms with E-state index in [-0.39, 0.29) is 12.5 Å². The Hall–Kier alpha value is -4.11. The molecule has 1 aliphatic heterocycles. The Labute approximate surface area is 191 Å². The predicted octanol–water partition coefficient (Wildman–Crippen LogP) is 4.80. The molecule has 3 heterocycles. The minimum atomic E-state index is -1.02. The molecule has 8 nitrogen and oxygen atoms in total. The van der Waals surface area contributed by atoms with Gasteiger partial charge in [0.2, 0.25) is 6.79 Å². The van der Waals surface area contributed by atoms with Crippen LogP contribution >= 0.6 is 11.7 Å². The molecule has 3 aromatic carbocycles. The van der Waals surface area contributed by atoms with Crippen LogP contribution in [-0.2, 0) is 6.54 Å². The summed E-state index contributed by atoms with van der Waals surface area (Å²) in [5.74, 6) is 0.860. The van der Waals surface area contributed by atoms with Crippen molar-refractivity contribution in [3.8, 4) is 28.4 Å². The highest BCUT2D eigenvalue weighted by Gasteiger charge is 2.26. The van der Waals surface area contributed by atoms with E-state index in [0.29, 0.717) is 29.4 Å². The van der Waals surface area contributed by atoms with Gasteiger partial charge in [0.25, 0.3) is 0 Å². The standard InChI is InChI=1S/C24H17N3O5S/c1-30-15-4-6-19-16(10-15)22(14-3-7-20-21(9-14)32-12-31-20)23(24(28)29)27(19)11-13-2-5-17-18(8-13)26-33-25-17/h2-10H,11-12H2,1H3,(H,28,29). The smallest absolute Gasteiger partial charge is 0.353 e. The molecule has 164 valence electrons. The molecule has 0 amide bonds. The minimum Gasteiger partial charge on any atom is -0.497 e. The number of carboxylic acids is 1. The number of methoxy groups -OCH3 is 1. The number of carbonyl (C=O) groups is 1. The van der Waals surface area contributed by atoms with Crippen LogP contribution in [0.2, 0.25) is 0 Å². The first-order chi connectivity index (χ1) is 16.1.